The zero-order valence-electron chi connectivity index (χ0n) is 14.2. The summed E-state index contributed by atoms with van der Waals surface area (Å²) in [5.41, 5.74) is 2.78. The molecule has 1 unspecified atom stereocenters. The normalized spacial score (nSPS) is 11.6. The molecule has 0 heterocycles. The second-order valence-electron chi connectivity index (χ2n) is 5.83. The SMILES string of the molecule is COc1ccc(NC(CC(=O)c2ccccc2)c2ccccc2)cc1. The zero-order chi connectivity index (χ0) is 17.5. The van der Waals surface area contributed by atoms with Crippen LogP contribution in [0.4, 0.5) is 5.69 Å². The monoisotopic (exact) mass is 331 g/mol. The number of anilines is 1. The molecule has 0 aliphatic rings. The Morgan fingerprint density at radius 1 is 0.880 bits per heavy atom. The lowest BCUT2D eigenvalue weighted by molar-refractivity contribution is 0.0976. The van der Waals surface area contributed by atoms with Crippen molar-refractivity contribution in [2.45, 2.75) is 12.5 Å². The van der Waals surface area contributed by atoms with Crippen molar-refractivity contribution in [2.24, 2.45) is 0 Å². The summed E-state index contributed by atoms with van der Waals surface area (Å²) in [6.07, 6.45) is 0.389. The summed E-state index contributed by atoms with van der Waals surface area (Å²) >= 11 is 0. The van der Waals surface area contributed by atoms with Crippen molar-refractivity contribution in [3.63, 3.8) is 0 Å². The third-order valence-electron chi connectivity index (χ3n) is 4.12. The van der Waals surface area contributed by atoms with Gasteiger partial charge in [-0.3, -0.25) is 4.79 Å². The van der Waals surface area contributed by atoms with Gasteiger partial charge in [-0.05, 0) is 29.8 Å². The maximum atomic E-state index is 12.7. The number of Topliss-reactive ketones (excluding diaryl/α,β-unsaturated/α-hetero) is 1. The first-order chi connectivity index (χ1) is 12.3. The minimum Gasteiger partial charge on any atom is -0.497 e. The van der Waals surface area contributed by atoms with E-state index < -0.39 is 0 Å². The maximum Gasteiger partial charge on any atom is 0.165 e. The molecule has 0 saturated heterocycles. The van der Waals surface area contributed by atoms with Crippen LogP contribution in [0.5, 0.6) is 5.75 Å². The van der Waals surface area contributed by atoms with Crippen LogP contribution in [0.2, 0.25) is 0 Å². The Morgan fingerprint density at radius 3 is 2.08 bits per heavy atom. The zero-order valence-corrected chi connectivity index (χ0v) is 14.2. The summed E-state index contributed by atoms with van der Waals surface area (Å²) in [5, 5.41) is 3.47. The lowest BCUT2D eigenvalue weighted by Crippen LogP contribution is -2.15. The number of benzene rings is 3. The molecule has 3 aromatic carbocycles. The van der Waals surface area contributed by atoms with Crippen molar-refractivity contribution >= 4 is 11.5 Å². The van der Waals surface area contributed by atoms with Crippen LogP contribution in [0.25, 0.3) is 0 Å². The summed E-state index contributed by atoms with van der Waals surface area (Å²) < 4.78 is 5.20. The summed E-state index contributed by atoms with van der Waals surface area (Å²) in [7, 11) is 1.65. The smallest absolute Gasteiger partial charge is 0.165 e. The summed E-state index contributed by atoms with van der Waals surface area (Å²) in [6, 6.07) is 27.1. The van der Waals surface area contributed by atoms with Gasteiger partial charge in [-0.25, -0.2) is 0 Å². The van der Waals surface area contributed by atoms with Crippen molar-refractivity contribution in [3.8, 4) is 5.75 Å². The van der Waals surface area contributed by atoms with Crippen molar-refractivity contribution in [3.05, 3.63) is 96.1 Å². The molecule has 1 atom stereocenters. The fourth-order valence-electron chi connectivity index (χ4n) is 2.75. The summed E-state index contributed by atoms with van der Waals surface area (Å²) in [5.74, 6) is 0.928. The molecule has 0 amide bonds. The van der Waals surface area contributed by atoms with Crippen LogP contribution in [0, 0.1) is 0 Å². The van der Waals surface area contributed by atoms with Crippen LogP contribution < -0.4 is 10.1 Å². The molecule has 3 rings (SSSR count). The number of carbonyl (C=O) groups is 1. The summed E-state index contributed by atoms with van der Waals surface area (Å²) in [6.45, 7) is 0. The molecular weight excluding hydrogens is 310 g/mol. The number of ether oxygens (including phenoxy) is 1. The largest absolute Gasteiger partial charge is 0.497 e. The molecule has 0 aliphatic carbocycles. The van der Waals surface area contributed by atoms with E-state index in [9.17, 15) is 4.79 Å². The lowest BCUT2D eigenvalue weighted by Gasteiger charge is -2.20. The molecule has 126 valence electrons. The molecule has 3 heteroatoms. The van der Waals surface area contributed by atoms with Crippen molar-refractivity contribution in [2.75, 3.05) is 12.4 Å². The first kappa shape index (κ1) is 16.8. The molecular formula is C22H21NO2. The number of carbonyl (C=O) groups excluding carboxylic acids is 1. The van der Waals surface area contributed by atoms with Crippen LogP contribution in [0.3, 0.4) is 0 Å². The number of hydrogen-bond donors (Lipinski definition) is 1. The molecule has 0 spiro atoms. The molecule has 0 radical (unpaired) electrons. The van der Waals surface area contributed by atoms with Gasteiger partial charge in [0.15, 0.2) is 5.78 Å². The second-order valence-corrected chi connectivity index (χ2v) is 5.83. The van der Waals surface area contributed by atoms with Gasteiger partial charge in [0, 0.05) is 17.7 Å². The topological polar surface area (TPSA) is 38.3 Å². The summed E-state index contributed by atoms with van der Waals surface area (Å²) in [4.78, 5) is 12.7. The Bertz CT molecular complexity index is 798. The predicted molar refractivity (Wildman–Crippen MR) is 101 cm³/mol. The highest BCUT2D eigenvalue weighted by molar-refractivity contribution is 5.96. The second kappa shape index (κ2) is 8.15. The van der Waals surface area contributed by atoms with Gasteiger partial charge in [-0.2, -0.15) is 0 Å². The lowest BCUT2D eigenvalue weighted by atomic mass is 9.97. The highest BCUT2D eigenvalue weighted by Gasteiger charge is 2.17. The fourth-order valence-corrected chi connectivity index (χ4v) is 2.75. The van der Waals surface area contributed by atoms with E-state index in [-0.39, 0.29) is 11.8 Å². The Hall–Kier alpha value is -3.07. The molecule has 0 aromatic heterocycles. The van der Waals surface area contributed by atoms with Gasteiger partial charge in [-0.15, -0.1) is 0 Å². The van der Waals surface area contributed by atoms with Gasteiger partial charge >= 0.3 is 0 Å². The molecule has 3 aromatic rings. The van der Waals surface area contributed by atoms with Crippen molar-refractivity contribution in [1.82, 2.24) is 0 Å². The highest BCUT2D eigenvalue weighted by atomic mass is 16.5. The number of nitrogens with one attached hydrogen (secondary N) is 1. The van der Waals surface area contributed by atoms with E-state index in [1.54, 1.807) is 7.11 Å². The molecule has 1 N–H and O–H groups in total. The van der Waals surface area contributed by atoms with E-state index in [1.807, 2.05) is 84.9 Å². The third kappa shape index (κ3) is 4.48. The van der Waals surface area contributed by atoms with Crippen LogP contribution in [0.1, 0.15) is 28.4 Å². The maximum absolute atomic E-state index is 12.7. The van der Waals surface area contributed by atoms with E-state index >= 15 is 0 Å². The van der Waals surface area contributed by atoms with Gasteiger partial charge in [0.2, 0.25) is 0 Å². The minimum absolute atomic E-state index is 0.0951. The third-order valence-corrected chi connectivity index (χ3v) is 4.12. The Labute approximate surface area is 148 Å². The first-order valence-electron chi connectivity index (χ1n) is 8.30. The Morgan fingerprint density at radius 2 is 1.48 bits per heavy atom. The molecule has 0 bridgehead atoms. The van der Waals surface area contributed by atoms with E-state index in [0.29, 0.717) is 6.42 Å². The standard InChI is InChI=1S/C22H21NO2/c1-25-20-14-12-19(13-15-20)23-21(17-8-4-2-5-9-17)16-22(24)18-10-6-3-7-11-18/h2-15,21,23H,16H2,1H3. The minimum atomic E-state index is -0.0951. The van der Waals surface area contributed by atoms with Gasteiger partial charge in [0.1, 0.15) is 5.75 Å². The molecule has 3 nitrogen and oxygen atoms in total. The highest BCUT2D eigenvalue weighted by Crippen LogP contribution is 2.25. The van der Waals surface area contributed by atoms with E-state index in [0.717, 1.165) is 22.6 Å². The number of methoxy groups -OCH3 is 1. The van der Waals surface area contributed by atoms with Crippen molar-refractivity contribution in [1.29, 1.82) is 0 Å². The van der Waals surface area contributed by atoms with Crippen molar-refractivity contribution < 1.29 is 9.53 Å². The van der Waals surface area contributed by atoms with Crippen LogP contribution in [0.15, 0.2) is 84.9 Å². The van der Waals surface area contributed by atoms with E-state index in [2.05, 4.69) is 5.32 Å². The average Bonchev–Trinajstić information content (AvgIpc) is 2.69. The molecule has 0 saturated carbocycles. The molecule has 25 heavy (non-hydrogen) atoms. The van der Waals surface area contributed by atoms with Crippen LogP contribution in [-0.4, -0.2) is 12.9 Å². The molecule has 0 fully saturated rings. The van der Waals surface area contributed by atoms with Gasteiger partial charge in [-0.1, -0.05) is 60.7 Å². The Kier molecular flexibility index (Phi) is 5.47. The number of ketones is 1. The van der Waals surface area contributed by atoms with Crippen LogP contribution >= 0.6 is 0 Å². The van der Waals surface area contributed by atoms with Gasteiger partial charge < -0.3 is 10.1 Å². The van der Waals surface area contributed by atoms with Gasteiger partial charge in [0.25, 0.3) is 0 Å². The van der Waals surface area contributed by atoms with Gasteiger partial charge in [0.05, 0.1) is 13.2 Å². The van der Waals surface area contributed by atoms with Crippen LogP contribution in [-0.2, 0) is 0 Å². The predicted octanol–water partition coefficient (Wildman–Crippen LogP) is 5.12. The quantitative estimate of drug-likeness (QED) is 0.611. The van der Waals surface area contributed by atoms with E-state index in [1.165, 1.54) is 0 Å². The average molecular weight is 331 g/mol. The van der Waals surface area contributed by atoms with E-state index in [4.69, 9.17) is 4.74 Å². The number of hydrogen-bond acceptors (Lipinski definition) is 3. The Balaban J connectivity index is 1.81. The molecule has 0 aliphatic heterocycles. The first-order valence-corrected chi connectivity index (χ1v) is 8.30. The fraction of sp³-hybridized carbons (Fsp3) is 0.136. The number of rotatable bonds is 7.